The molecule has 1 fully saturated rings. The quantitative estimate of drug-likeness (QED) is 0.783. The summed E-state index contributed by atoms with van der Waals surface area (Å²) in [5.41, 5.74) is 0.143. The van der Waals surface area contributed by atoms with Crippen LogP contribution >= 0.6 is 0 Å². The zero-order chi connectivity index (χ0) is 13.5. The topological polar surface area (TPSA) is 67.2 Å². The first-order chi connectivity index (χ1) is 9.07. The molecule has 0 bridgehead atoms. The molecule has 2 atom stereocenters. The first-order valence-corrected chi connectivity index (χ1v) is 8.23. The third-order valence-corrected chi connectivity index (χ3v) is 6.02. The smallest absolute Gasteiger partial charge is 0.150 e. The molecule has 5 heteroatoms. The number of nitriles is 1. The lowest BCUT2D eigenvalue weighted by atomic mass is 9.68. The number of hydrogen-bond donors (Lipinski definition) is 0. The Morgan fingerprint density at radius 1 is 1.37 bits per heavy atom. The van der Waals surface area contributed by atoms with Crippen LogP contribution in [-0.2, 0) is 15.3 Å². The predicted molar refractivity (Wildman–Crippen MR) is 70.6 cm³/mol. The van der Waals surface area contributed by atoms with Crippen molar-refractivity contribution in [1.29, 1.82) is 5.26 Å². The first-order valence-electron chi connectivity index (χ1n) is 6.41. The third-order valence-electron chi connectivity index (χ3n) is 4.25. The minimum atomic E-state index is -2.99. The van der Waals surface area contributed by atoms with Crippen LogP contribution in [0.15, 0.2) is 24.3 Å². The summed E-state index contributed by atoms with van der Waals surface area (Å²) in [6.07, 6.45) is 1.14. The van der Waals surface area contributed by atoms with Gasteiger partial charge in [-0.15, -0.1) is 0 Å². The van der Waals surface area contributed by atoms with Crippen LogP contribution in [0.1, 0.15) is 18.4 Å². The molecule has 0 N–H and O–H groups in total. The molecule has 1 saturated heterocycles. The molecule has 4 nitrogen and oxygen atoms in total. The number of fused-ring (bicyclic) bond motifs is 1. The van der Waals surface area contributed by atoms with Gasteiger partial charge in [0.2, 0.25) is 0 Å². The lowest BCUT2D eigenvalue weighted by molar-refractivity contribution is 0.207. The molecule has 1 aromatic carbocycles. The summed E-state index contributed by atoms with van der Waals surface area (Å²) in [6, 6.07) is 9.90. The van der Waals surface area contributed by atoms with Gasteiger partial charge in [0.1, 0.15) is 5.75 Å². The molecular formula is C14H15NO3S. The average Bonchev–Trinajstić information content (AvgIpc) is 2.79. The highest BCUT2D eigenvalue weighted by atomic mass is 32.2. The van der Waals surface area contributed by atoms with Gasteiger partial charge < -0.3 is 4.74 Å². The maximum Gasteiger partial charge on any atom is 0.150 e. The van der Waals surface area contributed by atoms with E-state index in [2.05, 4.69) is 6.07 Å². The molecule has 3 rings (SSSR count). The van der Waals surface area contributed by atoms with Gasteiger partial charge in [-0.2, -0.15) is 5.26 Å². The van der Waals surface area contributed by atoms with Crippen molar-refractivity contribution in [3.63, 3.8) is 0 Å². The van der Waals surface area contributed by atoms with Crippen LogP contribution < -0.4 is 4.74 Å². The van der Waals surface area contributed by atoms with E-state index in [1.807, 2.05) is 24.3 Å². The molecule has 2 heterocycles. The van der Waals surface area contributed by atoms with Crippen LogP contribution in [0.2, 0.25) is 0 Å². The highest BCUT2D eigenvalue weighted by Crippen LogP contribution is 2.46. The number of ether oxygens (including phenoxy) is 1. The van der Waals surface area contributed by atoms with Gasteiger partial charge in [-0.3, -0.25) is 0 Å². The Labute approximate surface area is 112 Å². The molecule has 0 radical (unpaired) electrons. The first kappa shape index (κ1) is 12.5. The molecule has 2 aliphatic rings. The highest BCUT2D eigenvalue weighted by molar-refractivity contribution is 7.91. The number of hydrogen-bond acceptors (Lipinski definition) is 4. The summed E-state index contributed by atoms with van der Waals surface area (Å²) >= 11 is 0. The Kier molecular flexibility index (Phi) is 2.79. The summed E-state index contributed by atoms with van der Waals surface area (Å²) < 4.78 is 29.0. The van der Waals surface area contributed by atoms with Gasteiger partial charge in [-0.25, -0.2) is 8.42 Å². The van der Waals surface area contributed by atoms with Crippen LogP contribution in [0.4, 0.5) is 0 Å². The van der Waals surface area contributed by atoms with Crippen molar-refractivity contribution in [3.05, 3.63) is 29.8 Å². The number of nitrogens with zero attached hydrogens (tertiary/aromatic N) is 1. The Balaban J connectivity index is 2.09. The van der Waals surface area contributed by atoms with E-state index in [1.165, 1.54) is 0 Å². The fraction of sp³-hybridized carbons (Fsp3) is 0.500. The minimum Gasteiger partial charge on any atom is -0.493 e. The molecule has 100 valence electrons. The molecular weight excluding hydrogens is 262 g/mol. The van der Waals surface area contributed by atoms with Crippen molar-refractivity contribution in [2.45, 2.75) is 18.3 Å². The lowest BCUT2D eigenvalue weighted by Gasteiger charge is -2.37. The lowest BCUT2D eigenvalue weighted by Crippen LogP contribution is -2.39. The van der Waals surface area contributed by atoms with Crippen molar-refractivity contribution >= 4 is 9.84 Å². The number of sulfone groups is 1. The SMILES string of the molecule is N#CC1(C2CCS(=O)(=O)C2)CCOc2ccccc21. The van der Waals surface area contributed by atoms with Gasteiger partial charge in [0.15, 0.2) is 9.84 Å². The van der Waals surface area contributed by atoms with Crippen molar-refractivity contribution in [2.75, 3.05) is 18.1 Å². The highest BCUT2D eigenvalue weighted by Gasteiger charge is 2.48. The minimum absolute atomic E-state index is 0.118. The summed E-state index contributed by atoms with van der Waals surface area (Å²) in [4.78, 5) is 0. The summed E-state index contributed by atoms with van der Waals surface area (Å²) in [6.45, 7) is 0.473. The zero-order valence-electron chi connectivity index (χ0n) is 10.5. The second-order valence-corrected chi connectivity index (χ2v) is 7.51. The molecule has 2 aliphatic heterocycles. The molecule has 19 heavy (non-hydrogen) atoms. The Morgan fingerprint density at radius 3 is 2.84 bits per heavy atom. The van der Waals surface area contributed by atoms with Gasteiger partial charge in [0.05, 0.1) is 29.6 Å². The van der Waals surface area contributed by atoms with Crippen molar-refractivity contribution in [2.24, 2.45) is 5.92 Å². The van der Waals surface area contributed by atoms with E-state index in [0.717, 1.165) is 11.3 Å². The van der Waals surface area contributed by atoms with Crippen LogP contribution in [0, 0.1) is 17.2 Å². The van der Waals surface area contributed by atoms with Gasteiger partial charge >= 0.3 is 0 Å². The second-order valence-electron chi connectivity index (χ2n) is 5.28. The molecule has 0 aliphatic carbocycles. The maximum atomic E-state index is 11.7. The normalized spacial score (nSPS) is 32.1. The summed E-state index contributed by atoms with van der Waals surface area (Å²) in [5.74, 6) is 0.922. The Bertz CT molecular complexity index is 647. The second kappa shape index (κ2) is 4.24. The average molecular weight is 277 g/mol. The predicted octanol–water partition coefficient (Wildman–Crippen LogP) is 1.67. The van der Waals surface area contributed by atoms with Crippen LogP contribution in [0.3, 0.4) is 0 Å². The zero-order valence-corrected chi connectivity index (χ0v) is 11.3. The van der Waals surface area contributed by atoms with Gasteiger partial charge in [-0.05, 0) is 18.4 Å². The van der Waals surface area contributed by atoms with Crippen molar-refractivity contribution in [3.8, 4) is 11.8 Å². The standard InChI is InChI=1S/C14H15NO3S/c15-10-14(11-5-8-19(16,17)9-11)6-7-18-13-4-2-1-3-12(13)14/h1-4,11H,5-9H2. The van der Waals surface area contributed by atoms with Gasteiger partial charge in [0.25, 0.3) is 0 Å². The van der Waals surface area contributed by atoms with Crippen LogP contribution in [0.5, 0.6) is 5.75 Å². The van der Waals surface area contributed by atoms with Crippen LogP contribution in [0.25, 0.3) is 0 Å². The molecule has 0 spiro atoms. The van der Waals surface area contributed by atoms with E-state index in [0.29, 0.717) is 19.4 Å². The number of rotatable bonds is 1. The fourth-order valence-corrected chi connectivity index (χ4v) is 5.11. The Morgan fingerprint density at radius 2 is 2.16 bits per heavy atom. The fourth-order valence-electron chi connectivity index (χ4n) is 3.23. The van der Waals surface area contributed by atoms with Crippen molar-refractivity contribution in [1.82, 2.24) is 0 Å². The van der Waals surface area contributed by atoms with E-state index in [9.17, 15) is 13.7 Å². The largest absolute Gasteiger partial charge is 0.493 e. The van der Waals surface area contributed by atoms with E-state index in [-0.39, 0.29) is 17.4 Å². The van der Waals surface area contributed by atoms with Crippen LogP contribution in [-0.4, -0.2) is 26.5 Å². The summed E-state index contributed by atoms with van der Waals surface area (Å²) in [7, 11) is -2.99. The molecule has 0 saturated carbocycles. The van der Waals surface area contributed by atoms with Crippen molar-refractivity contribution < 1.29 is 13.2 Å². The summed E-state index contributed by atoms with van der Waals surface area (Å²) in [5, 5.41) is 9.72. The monoisotopic (exact) mass is 277 g/mol. The van der Waals surface area contributed by atoms with E-state index in [4.69, 9.17) is 4.74 Å². The third kappa shape index (κ3) is 1.91. The van der Waals surface area contributed by atoms with E-state index in [1.54, 1.807) is 0 Å². The number of benzene rings is 1. The Hall–Kier alpha value is -1.54. The maximum absolute atomic E-state index is 11.7. The number of para-hydroxylation sites is 1. The van der Waals surface area contributed by atoms with Gasteiger partial charge in [-0.1, -0.05) is 18.2 Å². The molecule has 1 aromatic rings. The van der Waals surface area contributed by atoms with E-state index >= 15 is 0 Å². The molecule has 0 amide bonds. The molecule has 2 unspecified atom stereocenters. The van der Waals surface area contributed by atoms with E-state index < -0.39 is 15.3 Å². The van der Waals surface area contributed by atoms with Gasteiger partial charge in [0, 0.05) is 12.0 Å². The molecule has 0 aromatic heterocycles.